The maximum Gasteiger partial charge on any atom is 0.254 e. The van der Waals surface area contributed by atoms with Gasteiger partial charge in [-0.2, -0.15) is 0 Å². The van der Waals surface area contributed by atoms with Crippen LogP contribution in [0.25, 0.3) is 0 Å². The highest BCUT2D eigenvalue weighted by Gasteiger charge is 2.25. The first kappa shape index (κ1) is 21.4. The van der Waals surface area contributed by atoms with Crippen molar-refractivity contribution in [3.05, 3.63) is 53.3 Å². The van der Waals surface area contributed by atoms with Crippen LogP contribution in [0.1, 0.15) is 27.1 Å². The van der Waals surface area contributed by atoms with Crippen molar-refractivity contribution in [2.24, 2.45) is 0 Å². The minimum Gasteiger partial charge on any atom is -0.493 e. The molecule has 0 radical (unpaired) electrons. The van der Waals surface area contributed by atoms with E-state index in [0.29, 0.717) is 61.0 Å². The number of halogens is 1. The van der Waals surface area contributed by atoms with Gasteiger partial charge in [-0.05, 0) is 36.8 Å². The van der Waals surface area contributed by atoms with Crippen LogP contribution in [0.2, 0.25) is 0 Å². The number of ether oxygens (including phenoxy) is 3. The molecule has 8 heteroatoms. The minimum atomic E-state index is -0.449. The summed E-state index contributed by atoms with van der Waals surface area (Å²) in [6, 6.07) is 8.87. The SMILES string of the molecule is COc1cc(C(=O)N2CCCN(C(=O)c3cccc(F)c3)CC2)cc(OC)c1OC. The molecule has 0 N–H and O–H groups in total. The van der Waals surface area contributed by atoms with Gasteiger partial charge < -0.3 is 24.0 Å². The van der Waals surface area contributed by atoms with E-state index in [-0.39, 0.29) is 11.8 Å². The first-order valence-corrected chi connectivity index (χ1v) is 9.62. The topological polar surface area (TPSA) is 68.3 Å². The molecule has 1 fully saturated rings. The van der Waals surface area contributed by atoms with Crippen molar-refractivity contribution in [1.82, 2.24) is 9.80 Å². The molecular weight excluding hydrogens is 391 g/mol. The van der Waals surface area contributed by atoms with E-state index in [2.05, 4.69) is 0 Å². The fourth-order valence-corrected chi connectivity index (χ4v) is 3.51. The molecule has 2 aromatic carbocycles. The lowest BCUT2D eigenvalue weighted by molar-refractivity contribution is 0.0718. The van der Waals surface area contributed by atoms with E-state index in [9.17, 15) is 14.0 Å². The van der Waals surface area contributed by atoms with Gasteiger partial charge in [-0.15, -0.1) is 0 Å². The fourth-order valence-electron chi connectivity index (χ4n) is 3.51. The van der Waals surface area contributed by atoms with Gasteiger partial charge in [0.05, 0.1) is 21.3 Å². The second kappa shape index (κ2) is 9.47. The quantitative estimate of drug-likeness (QED) is 0.750. The standard InChI is InChI=1S/C22H25FN2O5/c1-28-18-13-16(14-19(29-2)20(18)30-3)22(27)25-9-5-8-24(10-11-25)21(26)15-6-4-7-17(23)12-15/h4,6-7,12-14H,5,8-11H2,1-3H3. The van der Waals surface area contributed by atoms with Crippen LogP contribution in [-0.2, 0) is 0 Å². The van der Waals surface area contributed by atoms with E-state index >= 15 is 0 Å². The summed E-state index contributed by atoms with van der Waals surface area (Å²) in [5.74, 6) is 0.343. The molecule has 0 bridgehead atoms. The average Bonchev–Trinajstić information content (AvgIpc) is 3.03. The Morgan fingerprint density at radius 3 is 1.87 bits per heavy atom. The number of hydrogen-bond acceptors (Lipinski definition) is 5. The molecule has 0 aromatic heterocycles. The predicted molar refractivity (Wildman–Crippen MR) is 109 cm³/mol. The van der Waals surface area contributed by atoms with Gasteiger partial charge in [-0.3, -0.25) is 9.59 Å². The van der Waals surface area contributed by atoms with Crippen LogP contribution in [0, 0.1) is 5.82 Å². The predicted octanol–water partition coefficient (Wildman–Crippen LogP) is 2.84. The molecule has 7 nitrogen and oxygen atoms in total. The van der Waals surface area contributed by atoms with Crippen LogP contribution < -0.4 is 14.2 Å². The molecule has 3 rings (SSSR count). The number of carbonyl (C=O) groups excluding carboxylic acids is 2. The highest BCUT2D eigenvalue weighted by molar-refractivity contribution is 5.96. The Morgan fingerprint density at radius 1 is 0.800 bits per heavy atom. The lowest BCUT2D eigenvalue weighted by Crippen LogP contribution is -2.37. The Labute approximate surface area is 174 Å². The molecule has 0 saturated carbocycles. The third kappa shape index (κ3) is 4.48. The number of methoxy groups -OCH3 is 3. The van der Waals surface area contributed by atoms with Crippen molar-refractivity contribution >= 4 is 11.8 Å². The number of nitrogens with zero attached hydrogens (tertiary/aromatic N) is 2. The number of hydrogen-bond donors (Lipinski definition) is 0. The Bertz CT molecular complexity index is 908. The van der Waals surface area contributed by atoms with Crippen molar-refractivity contribution in [3.63, 3.8) is 0 Å². The van der Waals surface area contributed by atoms with Crippen molar-refractivity contribution < 1.29 is 28.2 Å². The zero-order valence-electron chi connectivity index (χ0n) is 17.3. The monoisotopic (exact) mass is 416 g/mol. The van der Waals surface area contributed by atoms with Gasteiger partial charge in [0.25, 0.3) is 11.8 Å². The third-order valence-corrected chi connectivity index (χ3v) is 5.05. The summed E-state index contributed by atoms with van der Waals surface area (Å²) >= 11 is 0. The summed E-state index contributed by atoms with van der Waals surface area (Å²) in [6.07, 6.45) is 0.622. The maximum atomic E-state index is 13.5. The van der Waals surface area contributed by atoms with Gasteiger partial charge in [0.15, 0.2) is 11.5 Å². The molecule has 0 unspecified atom stereocenters. The van der Waals surface area contributed by atoms with E-state index in [4.69, 9.17) is 14.2 Å². The van der Waals surface area contributed by atoms with Crippen molar-refractivity contribution in [2.75, 3.05) is 47.5 Å². The van der Waals surface area contributed by atoms with Crippen LogP contribution in [0.5, 0.6) is 17.2 Å². The summed E-state index contributed by atoms with van der Waals surface area (Å²) < 4.78 is 29.4. The smallest absolute Gasteiger partial charge is 0.254 e. The van der Waals surface area contributed by atoms with E-state index in [1.807, 2.05) is 0 Å². The molecule has 0 aliphatic carbocycles. The van der Waals surface area contributed by atoms with Crippen LogP contribution >= 0.6 is 0 Å². The first-order chi connectivity index (χ1) is 14.5. The number of amides is 2. The Kier molecular flexibility index (Phi) is 6.76. The summed E-state index contributed by atoms with van der Waals surface area (Å²) in [6.45, 7) is 1.73. The lowest BCUT2D eigenvalue weighted by Gasteiger charge is -2.23. The third-order valence-electron chi connectivity index (χ3n) is 5.05. The fraction of sp³-hybridized carbons (Fsp3) is 0.364. The highest BCUT2D eigenvalue weighted by atomic mass is 19.1. The average molecular weight is 416 g/mol. The van der Waals surface area contributed by atoms with Gasteiger partial charge in [-0.1, -0.05) is 6.07 Å². The molecular formula is C22H25FN2O5. The van der Waals surface area contributed by atoms with Gasteiger partial charge in [0, 0.05) is 37.3 Å². The van der Waals surface area contributed by atoms with E-state index in [1.165, 1.54) is 39.5 Å². The van der Waals surface area contributed by atoms with Crippen molar-refractivity contribution in [3.8, 4) is 17.2 Å². The van der Waals surface area contributed by atoms with E-state index < -0.39 is 5.82 Å². The summed E-state index contributed by atoms with van der Waals surface area (Å²) in [5.41, 5.74) is 0.716. The molecule has 1 saturated heterocycles. The summed E-state index contributed by atoms with van der Waals surface area (Å²) in [4.78, 5) is 29.1. The lowest BCUT2D eigenvalue weighted by atomic mass is 10.1. The molecule has 1 aliphatic heterocycles. The zero-order valence-corrected chi connectivity index (χ0v) is 17.3. The molecule has 1 aliphatic rings. The minimum absolute atomic E-state index is 0.186. The van der Waals surface area contributed by atoms with E-state index in [1.54, 1.807) is 28.0 Å². The summed E-state index contributed by atoms with van der Waals surface area (Å²) in [5, 5.41) is 0. The molecule has 160 valence electrons. The zero-order chi connectivity index (χ0) is 21.7. The van der Waals surface area contributed by atoms with Crippen LogP contribution in [0.3, 0.4) is 0 Å². The summed E-state index contributed by atoms with van der Waals surface area (Å²) in [7, 11) is 4.49. The second-order valence-electron chi connectivity index (χ2n) is 6.86. The van der Waals surface area contributed by atoms with Crippen LogP contribution in [0.4, 0.5) is 4.39 Å². The van der Waals surface area contributed by atoms with Gasteiger partial charge >= 0.3 is 0 Å². The van der Waals surface area contributed by atoms with Gasteiger partial charge in [0.2, 0.25) is 5.75 Å². The van der Waals surface area contributed by atoms with E-state index in [0.717, 1.165) is 0 Å². The maximum absolute atomic E-state index is 13.5. The van der Waals surface area contributed by atoms with Crippen molar-refractivity contribution in [2.45, 2.75) is 6.42 Å². The second-order valence-corrected chi connectivity index (χ2v) is 6.86. The normalized spacial score (nSPS) is 14.1. The van der Waals surface area contributed by atoms with Crippen molar-refractivity contribution in [1.29, 1.82) is 0 Å². The molecule has 2 amide bonds. The Hall–Kier alpha value is -3.29. The molecule has 0 spiro atoms. The largest absolute Gasteiger partial charge is 0.493 e. The molecule has 0 atom stereocenters. The number of carbonyl (C=O) groups is 2. The number of benzene rings is 2. The molecule has 30 heavy (non-hydrogen) atoms. The molecule has 2 aromatic rings. The van der Waals surface area contributed by atoms with Gasteiger partial charge in [0.1, 0.15) is 5.82 Å². The molecule has 1 heterocycles. The Balaban J connectivity index is 1.75. The first-order valence-electron chi connectivity index (χ1n) is 9.62. The Morgan fingerprint density at radius 2 is 1.37 bits per heavy atom. The van der Waals surface area contributed by atoms with Gasteiger partial charge in [-0.25, -0.2) is 4.39 Å². The highest BCUT2D eigenvalue weighted by Crippen LogP contribution is 2.38. The number of rotatable bonds is 5. The van der Waals surface area contributed by atoms with Crippen LogP contribution in [0.15, 0.2) is 36.4 Å². The van der Waals surface area contributed by atoms with Crippen LogP contribution in [-0.4, -0.2) is 69.1 Å².